The lowest BCUT2D eigenvalue weighted by Gasteiger charge is -2.13. The van der Waals surface area contributed by atoms with Gasteiger partial charge >= 0.3 is 0 Å². The van der Waals surface area contributed by atoms with Crippen LogP contribution in [0.5, 0.6) is 0 Å². The van der Waals surface area contributed by atoms with Gasteiger partial charge in [-0.05, 0) is 38.5 Å². The van der Waals surface area contributed by atoms with Gasteiger partial charge in [-0.1, -0.05) is 12.1 Å². The molecule has 148 valence electrons. The largest absolute Gasteiger partial charge is 0.349 e. The molecule has 9 heteroatoms. The highest BCUT2D eigenvalue weighted by molar-refractivity contribution is 6.21. The van der Waals surface area contributed by atoms with Gasteiger partial charge in [0.15, 0.2) is 5.82 Å². The Morgan fingerprint density at radius 2 is 1.76 bits per heavy atom. The average Bonchev–Trinajstić information content (AvgIpc) is 3.21. The van der Waals surface area contributed by atoms with E-state index in [9.17, 15) is 14.4 Å². The van der Waals surface area contributed by atoms with Crippen LogP contribution in [0.2, 0.25) is 0 Å². The van der Waals surface area contributed by atoms with Gasteiger partial charge in [-0.15, -0.1) is 10.2 Å². The Balaban J connectivity index is 1.31. The van der Waals surface area contributed by atoms with Crippen LogP contribution >= 0.6 is 0 Å². The van der Waals surface area contributed by atoms with Gasteiger partial charge in [0.05, 0.1) is 17.7 Å². The van der Waals surface area contributed by atoms with E-state index in [4.69, 9.17) is 0 Å². The third-order valence-corrected chi connectivity index (χ3v) is 4.87. The lowest BCUT2D eigenvalue weighted by atomic mass is 10.1. The summed E-state index contributed by atoms with van der Waals surface area (Å²) in [6, 6.07) is 8.66. The second-order valence-corrected chi connectivity index (χ2v) is 6.98. The minimum Gasteiger partial charge on any atom is -0.349 e. The van der Waals surface area contributed by atoms with Gasteiger partial charge in [-0.25, -0.2) is 4.98 Å². The van der Waals surface area contributed by atoms with Crippen LogP contribution in [0.4, 0.5) is 0 Å². The number of nitrogens with zero attached hydrogens (tertiary/aromatic N) is 5. The van der Waals surface area contributed by atoms with Gasteiger partial charge in [0.2, 0.25) is 5.91 Å². The lowest BCUT2D eigenvalue weighted by molar-refractivity contribution is -0.121. The molecule has 3 amide bonds. The van der Waals surface area contributed by atoms with Gasteiger partial charge in [-0.2, -0.15) is 0 Å². The van der Waals surface area contributed by atoms with Gasteiger partial charge in [0.1, 0.15) is 0 Å². The summed E-state index contributed by atoms with van der Waals surface area (Å²) in [5, 5.41) is 10.9. The molecule has 29 heavy (non-hydrogen) atoms. The predicted octanol–water partition coefficient (Wildman–Crippen LogP) is 1.43. The van der Waals surface area contributed by atoms with Crippen LogP contribution in [0.25, 0.3) is 5.78 Å². The second-order valence-electron chi connectivity index (χ2n) is 6.98. The van der Waals surface area contributed by atoms with Crippen LogP contribution in [-0.4, -0.2) is 48.7 Å². The fourth-order valence-electron chi connectivity index (χ4n) is 3.52. The molecular formula is C20H20N6O3. The van der Waals surface area contributed by atoms with Gasteiger partial charge in [0.25, 0.3) is 17.6 Å². The monoisotopic (exact) mass is 392 g/mol. The van der Waals surface area contributed by atoms with E-state index in [1.54, 1.807) is 28.7 Å². The molecular weight excluding hydrogens is 372 g/mol. The summed E-state index contributed by atoms with van der Waals surface area (Å²) in [7, 11) is 0. The summed E-state index contributed by atoms with van der Waals surface area (Å²) in [5.41, 5.74) is 2.62. The quantitative estimate of drug-likeness (QED) is 0.636. The topological polar surface area (TPSA) is 110 Å². The number of nitrogens with one attached hydrogen (secondary N) is 1. The van der Waals surface area contributed by atoms with Crippen molar-refractivity contribution in [2.45, 2.75) is 33.2 Å². The van der Waals surface area contributed by atoms with E-state index >= 15 is 0 Å². The fourth-order valence-corrected chi connectivity index (χ4v) is 3.52. The normalized spacial score (nSPS) is 13.2. The van der Waals surface area contributed by atoms with E-state index in [1.165, 1.54) is 4.90 Å². The maximum atomic E-state index is 12.3. The summed E-state index contributed by atoms with van der Waals surface area (Å²) < 4.78 is 1.80. The SMILES string of the molecule is Cc1cc(C)n2c(CNC(=O)CCCN3C(=O)c4ccccc4C3=O)nnc2n1. The molecule has 0 bridgehead atoms. The zero-order chi connectivity index (χ0) is 20.5. The highest BCUT2D eigenvalue weighted by atomic mass is 16.2. The molecule has 0 spiro atoms. The Labute approximate surface area is 166 Å². The van der Waals surface area contributed by atoms with Crippen molar-refractivity contribution >= 4 is 23.5 Å². The molecule has 0 radical (unpaired) electrons. The zero-order valence-electron chi connectivity index (χ0n) is 16.2. The first-order valence-corrected chi connectivity index (χ1v) is 9.36. The van der Waals surface area contributed by atoms with Crippen LogP contribution in [-0.2, 0) is 11.3 Å². The summed E-state index contributed by atoms with van der Waals surface area (Å²) in [5.74, 6) is 0.297. The highest BCUT2D eigenvalue weighted by Gasteiger charge is 2.34. The highest BCUT2D eigenvalue weighted by Crippen LogP contribution is 2.22. The first-order chi connectivity index (χ1) is 14.0. The number of fused-ring (bicyclic) bond motifs is 2. The van der Waals surface area contributed by atoms with Crippen LogP contribution < -0.4 is 5.32 Å². The summed E-state index contributed by atoms with van der Waals surface area (Å²) >= 11 is 0. The molecule has 4 rings (SSSR count). The number of aromatic nitrogens is 4. The molecule has 0 unspecified atom stereocenters. The zero-order valence-corrected chi connectivity index (χ0v) is 16.2. The Bertz CT molecular complexity index is 1100. The molecule has 0 saturated heterocycles. The minimum absolute atomic E-state index is 0.184. The predicted molar refractivity (Wildman–Crippen MR) is 103 cm³/mol. The van der Waals surface area contributed by atoms with Crippen molar-refractivity contribution in [3.05, 3.63) is 58.7 Å². The van der Waals surface area contributed by atoms with Crippen molar-refractivity contribution in [1.82, 2.24) is 29.8 Å². The molecule has 0 aliphatic carbocycles. The second kappa shape index (κ2) is 7.42. The van der Waals surface area contributed by atoms with E-state index in [0.717, 1.165) is 11.4 Å². The molecule has 1 aromatic carbocycles. The van der Waals surface area contributed by atoms with E-state index in [0.29, 0.717) is 29.1 Å². The number of rotatable bonds is 6. The standard InChI is InChI=1S/C20H20N6O3/c1-12-10-13(2)26-16(23-24-20(26)22-12)11-21-17(27)8-5-9-25-18(28)14-6-3-4-7-15(14)19(25)29/h3-4,6-7,10H,5,8-9,11H2,1-2H3,(H,21,27). The maximum Gasteiger partial charge on any atom is 0.261 e. The van der Waals surface area contributed by atoms with Crippen molar-refractivity contribution in [3.8, 4) is 0 Å². The number of aryl methyl sites for hydroxylation is 2. The van der Waals surface area contributed by atoms with Crippen LogP contribution in [0.15, 0.2) is 30.3 Å². The van der Waals surface area contributed by atoms with Gasteiger partial charge in [0, 0.05) is 24.4 Å². The molecule has 3 heterocycles. The van der Waals surface area contributed by atoms with Gasteiger partial charge < -0.3 is 5.32 Å². The molecule has 1 aliphatic heterocycles. The molecule has 2 aromatic heterocycles. The van der Waals surface area contributed by atoms with Crippen molar-refractivity contribution in [2.75, 3.05) is 6.54 Å². The number of hydrogen-bond donors (Lipinski definition) is 1. The molecule has 1 N–H and O–H groups in total. The Morgan fingerprint density at radius 1 is 1.07 bits per heavy atom. The van der Waals surface area contributed by atoms with Crippen LogP contribution in [0.3, 0.4) is 0 Å². The summed E-state index contributed by atoms with van der Waals surface area (Å²) in [6.07, 6.45) is 0.581. The minimum atomic E-state index is -0.306. The number of carbonyl (C=O) groups excluding carboxylic acids is 3. The van der Waals surface area contributed by atoms with Crippen molar-refractivity contribution in [2.24, 2.45) is 0 Å². The molecule has 9 nitrogen and oxygen atoms in total. The third-order valence-electron chi connectivity index (χ3n) is 4.87. The molecule has 3 aromatic rings. The number of hydrogen-bond acceptors (Lipinski definition) is 6. The average molecular weight is 392 g/mol. The van der Waals surface area contributed by atoms with E-state index in [1.807, 2.05) is 19.9 Å². The smallest absolute Gasteiger partial charge is 0.261 e. The maximum absolute atomic E-state index is 12.3. The number of amides is 3. The Hall–Kier alpha value is -3.62. The number of benzene rings is 1. The van der Waals surface area contributed by atoms with Gasteiger partial charge in [-0.3, -0.25) is 23.7 Å². The summed E-state index contributed by atoms with van der Waals surface area (Å²) in [4.78, 5) is 42.4. The Morgan fingerprint density at radius 3 is 2.45 bits per heavy atom. The van der Waals surface area contributed by atoms with Crippen molar-refractivity contribution in [3.63, 3.8) is 0 Å². The molecule has 0 atom stereocenters. The number of imide groups is 1. The van der Waals surface area contributed by atoms with E-state index in [2.05, 4.69) is 20.5 Å². The lowest BCUT2D eigenvalue weighted by Crippen LogP contribution is -2.32. The van der Waals surface area contributed by atoms with Crippen LogP contribution in [0.1, 0.15) is 50.8 Å². The first kappa shape index (κ1) is 18.7. The molecule has 0 fully saturated rings. The Kier molecular flexibility index (Phi) is 4.79. The molecule has 1 aliphatic rings. The first-order valence-electron chi connectivity index (χ1n) is 9.36. The van der Waals surface area contributed by atoms with Crippen molar-refractivity contribution < 1.29 is 14.4 Å². The van der Waals surface area contributed by atoms with Crippen LogP contribution in [0, 0.1) is 13.8 Å². The number of carbonyl (C=O) groups is 3. The third kappa shape index (κ3) is 3.46. The van der Waals surface area contributed by atoms with Crippen molar-refractivity contribution in [1.29, 1.82) is 0 Å². The molecule has 0 saturated carbocycles. The van der Waals surface area contributed by atoms with E-state index in [-0.39, 0.29) is 37.2 Å². The fraction of sp³-hybridized carbons (Fsp3) is 0.300. The summed E-state index contributed by atoms with van der Waals surface area (Å²) in [6.45, 7) is 4.24. The van der Waals surface area contributed by atoms with E-state index < -0.39 is 0 Å².